The van der Waals surface area contributed by atoms with Crippen molar-refractivity contribution in [2.75, 3.05) is 13.1 Å². The number of Topliss-reactive ketones (excluding diaryl/α,β-unsaturated/α-hetero) is 1. The number of piperidine rings is 1. The van der Waals surface area contributed by atoms with Gasteiger partial charge in [0.25, 0.3) is 11.7 Å². The Labute approximate surface area is 152 Å². The van der Waals surface area contributed by atoms with Gasteiger partial charge in [-0.3, -0.25) is 19.4 Å². The average molecular weight is 351 g/mol. The first-order chi connectivity index (χ1) is 12.6. The van der Waals surface area contributed by atoms with Gasteiger partial charge in [0.1, 0.15) is 0 Å². The maximum atomic E-state index is 12.3. The minimum Gasteiger partial charge on any atom is -0.352 e. The first-order valence-corrected chi connectivity index (χ1v) is 8.70. The maximum Gasteiger partial charge on any atom is 0.295 e. The Morgan fingerprint density at radius 2 is 1.77 bits per heavy atom. The molecule has 1 fully saturated rings. The quantitative estimate of drug-likeness (QED) is 0.658. The third-order valence-corrected chi connectivity index (χ3v) is 4.58. The number of hydrogen-bond acceptors (Lipinski definition) is 4. The fraction of sp³-hybridized carbons (Fsp3) is 0.300. The Bertz CT molecular complexity index is 769. The molecule has 0 radical (unpaired) electrons. The van der Waals surface area contributed by atoms with Crippen LogP contribution in [-0.4, -0.2) is 40.6 Å². The largest absolute Gasteiger partial charge is 0.352 e. The number of carbonyl (C=O) groups is 3. The summed E-state index contributed by atoms with van der Waals surface area (Å²) >= 11 is 0. The predicted molar refractivity (Wildman–Crippen MR) is 96.2 cm³/mol. The van der Waals surface area contributed by atoms with Gasteiger partial charge in [-0.15, -0.1) is 0 Å². The Balaban J connectivity index is 1.48. The third kappa shape index (κ3) is 4.33. The van der Waals surface area contributed by atoms with Crippen LogP contribution in [0.15, 0.2) is 54.9 Å². The molecule has 0 spiro atoms. The highest BCUT2D eigenvalue weighted by Gasteiger charge is 2.30. The molecule has 134 valence electrons. The Kier molecular flexibility index (Phi) is 5.73. The van der Waals surface area contributed by atoms with Crippen molar-refractivity contribution in [1.29, 1.82) is 0 Å². The number of likely N-dealkylation sites (tertiary alicyclic amines) is 1. The number of hydrogen-bond donors (Lipinski definition) is 1. The van der Waals surface area contributed by atoms with Gasteiger partial charge in [-0.2, -0.15) is 0 Å². The van der Waals surface area contributed by atoms with E-state index in [0.29, 0.717) is 38.0 Å². The molecular formula is C20H21N3O3. The molecular weight excluding hydrogens is 330 g/mol. The van der Waals surface area contributed by atoms with Crippen LogP contribution in [0, 0.1) is 5.92 Å². The molecule has 26 heavy (non-hydrogen) atoms. The van der Waals surface area contributed by atoms with Crippen LogP contribution >= 0.6 is 0 Å². The molecule has 6 heteroatoms. The number of rotatable bonds is 5. The summed E-state index contributed by atoms with van der Waals surface area (Å²) < 4.78 is 0. The van der Waals surface area contributed by atoms with Crippen LogP contribution in [0.4, 0.5) is 0 Å². The van der Waals surface area contributed by atoms with Gasteiger partial charge in [-0.1, -0.05) is 30.3 Å². The van der Waals surface area contributed by atoms with E-state index < -0.39 is 11.7 Å². The molecule has 6 nitrogen and oxygen atoms in total. The van der Waals surface area contributed by atoms with Crippen LogP contribution in [0.1, 0.15) is 28.8 Å². The zero-order chi connectivity index (χ0) is 18.4. The number of aromatic nitrogens is 1. The van der Waals surface area contributed by atoms with Crippen molar-refractivity contribution < 1.29 is 14.4 Å². The molecule has 2 aromatic rings. The highest BCUT2D eigenvalue weighted by molar-refractivity contribution is 6.42. The summed E-state index contributed by atoms with van der Waals surface area (Å²) in [5, 5.41) is 2.94. The average Bonchev–Trinajstić information content (AvgIpc) is 2.72. The van der Waals surface area contributed by atoms with Gasteiger partial charge in [0.15, 0.2) is 0 Å². The van der Waals surface area contributed by atoms with Gasteiger partial charge >= 0.3 is 0 Å². The molecule has 0 bridgehead atoms. The molecule has 3 rings (SSSR count). The van der Waals surface area contributed by atoms with Crippen molar-refractivity contribution in [1.82, 2.24) is 15.2 Å². The van der Waals surface area contributed by atoms with E-state index in [1.807, 2.05) is 30.3 Å². The number of nitrogens with zero attached hydrogens (tertiary/aromatic N) is 2. The van der Waals surface area contributed by atoms with Crippen LogP contribution in [0.3, 0.4) is 0 Å². The standard InChI is InChI=1S/C20H21N3O3/c24-18(17-7-4-10-21-14-17)20(26)23-11-8-16(9-12-23)19(25)22-13-15-5-2-1-3-6-15/h1-7,10,14,16H,8-9,11-13H2,(H,22,25). The van der Waals surface area contributed by atoms with Gasteiger partial charge < -0.3 is 10.2 Å². The lowest BCUT2D eigenvalue weighted by atomic mass is 9.95. The van der Waals surface area contributed by atoms with Gasteiger partial charge in [-0.05, 0) is 30.5 Å². The van der Waals surface area contributed by atoms with Gasteiger partial charge in [0.2, 0.25) is 5.91 Å². The van der Waals surface area contributed by atoms with Crippen LogP contribution in [0.2, 0.25) is 0 Å². The molecule has 1 aromatic carbocycles. The molecule has 0 aliphatic carbocycles. The Morgan fingerprint density at radius 1 is 1.04 bits per heavy atom. The molecule has 2 amide bonds. The fourth-order valence-electron chi connectivity index (χ4n) is 3.04. The third-order valence-electron chi connectivity index (χ3n) is 4.58. The molecule has 0 saturated carbocycles. The first kappa shape index (κ1) is 17.8. The summed E-state index contributed by atoms with van der Waals surface area (Å²) in [6, 6.07) is 12.9. The lowest BCUT2D eigenvalue weighted by Crippen LogP contribution is -2.45. The minimum absolute atomic E-state index is 0.000428. The molecule has 1 saturated heterocycles. The summed E-state index contributed by atoms with van der Waals surface area (Å²) in [4.78, 5) is 42.2. The summed E-state index contributed by atoms with van der Waals surface area (Å²) in [5.41, 5.74) is 1.34. The number of benzene rings is 1. The second kappa shape index (κ2) is 8.38. The number of ketones is 1. The number of pyridine rings is 1. The zero-order valence-electron chi connectivity index (χ0n) is 14.4. The molecule has 1 aromatic heterocycles. The van der Waals surface area contributed by atoms with Crippen LogP contribution < -0.4 is 5.32 Å². The predicted octanol–water partition coefficient (Wildman–Crippen LogP) is 1.82. The topological polar surface area (TPSA) is 79.4 Å². The Morgan fingerprint density at radius 3 is 2.42 bits per heavy atom. The van der Waals surface area contributed by atoms with E-state index in [0.717, 1.165) is 5.56 Å². The van der Waals surface area contributed by atoms with E-state index in [-0.39, 0.29) is 11.8 Å². The van der Waals surface area contributed by atoms with Crippen molar-refractivity contribution in [3.8, 4) is 0 Å². The monoisotopic (exact) mass is 351 g/mol. The first-order valence-electron chi connectivity index (χ1n) is 8.70. The van der Waals surface area contributed by atoms with Crippen molar-refractivity contribution >= 4 is 17.6 Å². The molecule has 2 heterocycles. The van der Waals surface area contributed by atoms with Crippen LogP contribution in [-0.2, 0) is 16.1 Å². The van der Waals surface area contributed by atoms with Crippen molar-refractivity contribution in [3.63, 3.8) is 0 Å². The summed E-state index contributed by atoms with van der Waals surface area (Å²) in [7, 11) is 0. The second-order valence-electron chi connectivity index (χ2n) is 6.34. The van der Waals surface area contributed by atoms with Crippen LogP contribution in [0.5, 0.6) is 0 Å². The second-order valence-corrected chi connectivity index (χ2v) is 6.34. The van der Waals surface area contributed by atoms with E-state index in [9.17, 15) is 14.4 Å². The molecule has 1 N–H and O–H groups in total. The van der Waals surface area contributed by atoms with Gasteiger partial charge in [0, 0.05) is 43.5 Å². The Hall–Kier alpha value is -3.02. The van der Waals surface area contributed by atoms with E-state index >= 15 is 0 Å². The number of amides is 2. The minimum atomic E-state index is -0.551. The highest BCUT2D eigenvalue weighted by Crippen LogP contribution is 2.18. The number of carbonyl (C=O) groups excluding carboxylic acids is 3. The fourth-order valence-corrected chi connectivity index (χ4v) is 3.04. The maximum absolute atomic E-state index is 12.3. The summed E-state index contributed by atoms with van der Waals surface area (Å²) in [6.07, 6.45) is 4.07. The molecule has 0 unspecified atom stereocenters. The van der Waals surface area contributed by atoms with E-state index in [4.69, 9.17) is 0 Å². The summed E-state index contributed by atoms with van der Waals surface area (Å²) in [5.74, 6) is -1.21. The lowest BCUT2D eigenvalue weighted by molar-refractivity contribution is -0.132. The van der Waals surface area contributed by atoms with Gasteiger partial charge in [0.05, 0.1) is 0 Å². The molecule has 1 aliphatic heterocycles. The normalized spacial score (nSPS) is 14.7. The zero-order valence-corrected chi connectivity index (χ0v) is 14.4. The van der Waals surface area contributed by atoms with E-state index in [2.05, 4.69) is 10.3 Å². The smallest absolute Gasteiger partial charge is 0.295 e. The molecule has 0 atom stereocenters. The van der Waals surface area contributed by atoms with E-state index in [1.165, 1.54) is 11.1 Å². The van der Waals surface area contributed by atoms with Crippen LogP contribution in [0.25, 0.3) is 0 Å². The van der Waals surface area contributed by atoms with Gasteiger partial charge in [-0.25, -0.2) is 0 Å². The summed E-state index contributed by atoms with van der Waals surface area (Å²) in [6.45, 7) is 1.32. The van der Waals surface area contributed by atoms with E-state index in [1.54, 1.807) is 18.3 Å². The van der Waals surface area contributed by atoms with Crippen molar-refractivity contribution in [2.24, 2.45) is 5.92 Å². The highest BCUT2D eigenvalue weighted by atomic mass is 16.2. The number of nitrogens with one attached hydrogen (secondary N) is 1. The van der Waals surface area contributed by atoms with Crippen molar-refractivity contribution in [2.45, 2.75) is 19.4 Å². The molecule has 1 aliphatic rings. The lowest BCUT2D eigenvalue weighted by Gasteiger charge is -2.30. The SMILES string of the molecule is O=C(C(=O)N1CCC(C(=O)NCc2ccccc2)CC1)c1cccnc1. The van der Waals surface area contributed by atoms with Crippen molar-refractivity contribution in [3.05, 3.63) is 66.0 Å².